The summed E-state index contributed by atoms with van der Waals surface area (Å²) in [5, 5.41) is 3.48. The summed E-state index contributed by atoms with van der Waals surface area (Å²) in [6.45, 7) is 5.40. The van der Waals surface area contributed by atoms with Gasteiger partial charge in [-0.05, 0) is 76.0 Å². The maximum absolute atomic E-state index is 6.01. The summed E-state index contributed by atoms with van der Waals surface area (Å²) in [5.41, 5.74) is 1.04. The van der Waals surface area contributed by atoms with E-state index in [1.165, 1.54) is 0 Å². The zero-order valence-electron chi connectivity index (χ0n) is 12.1. The molecule has 2 aromatic rings. The molecule has 0 aliphatic rings. The fraction of sp³-hybridized carbons (Fsp3) is 0.375. The van der Waals surface area contributed by atoms with Crippen LogP contribution in [0.15, 0.2) is 42.1 Å². The minimum atomic E-state index is 0.417. The fourth-order valence-electron chi connectivity index (χ4n) is 2.16. The Labute approximate surface area is 151 Å². The third-order valence-electron chi connectivity index (χ3n) is 3.17. The Morgan fingerprint density at radius 1 is 1.14 bits per heavy atom. The Balaban J connectivity index is 2.17. The van der Waals surface area contributed by atoms with Crippen LogP contribution in [0.3, 0.4) is 0 Å². The van der Waals surface area contributed by atoms with E-state index in [9.17, 15) is 0 Å². The summed E-state index contributed by atoms with van der Waals surface area (Å²) in [6, 6.07) is 8.54. The van der Waals surface area contributed by atoms with E-state index >= 15 is 0 Å². The van der Waals surface area contributed by atoms with E-state index in [0.29, 0.717) is 6.04 Å². The van der Waals surface area contributed by atoms with Crippen molar-refractivity contribution in [3.63, 3.8) is 0 Å². The molecule has 1 unspecified atom stereocenters. The standard InChI is InChI=1S/C16H18Br3NO/c1-3-6-20-10(2)7-12-4-5-15(21-12)16-13(18)8-11(17)9-14(16)19/h4-5,8-10,20H,3,6-7H2,1-2H3. The van der Waals surface area contributed by atoms with Gasteiger partial charge in [0.15, 0.2) is 0 Å². The van der Waals surface area contributed by atoms with Gasteiger partial charge in [0.2, 0.25) is 0 Å². The zero-order chi connectivity index (χ0) is 15.4. The lowest BCUT2D eigenvalue weighted by Crippen LogP contribution is -2.28. The highest BCUT2D eigenvalue weighted by Gasteiger charge is 2.14. The van der Waals surface area contributed by atoms with Crippen molar-refractivity contribution in [3.05, 3.63) is 43.4 Å². The van der Waals surface area contributed by atoms with Crippen molar-refractivity contribution in [2.24, 2.45) is 0 Å². The molecule has 0 amide bonds. The highest BCUT2D eigenvalue weighted by Crippen LogP contribution is 2.38. The minimum absolute atomic E-state index is 0.417. The normalized spacial score (nSPS) is 12.6. The first-order chi connectivity index (χ1) is 10.0. The molecule has 1 aromatic heterocycles. The van der Waals surface area contributed by atoms with E-state index in [2.05, 4.69) is 73.0 Å². The molecule has 0 spiro atoms. The van der Waals surface area contributed by atoms with Crippen LogP contribution in [0.25, 0.3) is 11.3 Å². The second kappa shape index (κ2) is 7.95. The molecular formula is C16H18Br3NO. The molecule has 114 valence electrons. The van der Waals surface area contributed by atoms with Crippen LogP contribution in [0.2, 0.25) is 0 Å². The van der Waals surface area contributed by atoms with Gasteiger partial charge in [-0.3, -0.25) is 0 Å². The lowest BCUT2D eigenvalue weighted by atomic mass is 10.2. The van der Waals surface area contributed by atoms with Gasteiger partial charge in [0, 0.05) is 31.4 Å². The molecule has 0 aliphatic heterocycles. The maximum Gasteiger partial charge on any atom is 0.136 e. The number of halogens is 3. The molecule has 0 saturated heterocycles. The Morgan fingerprint density at radius 3 is 2.43 bits per heavy atom. The molecule has 1 N–H and O–H groups in total. The van der Waals surface area contributed by atoms with Gasteiger partial charge < -0.3 is 9.73 Å². The first-order valence-corrected chi connectivity index (χ1v) is 9.36. The molecule has 0 fully saturated rings. The van der Waals surface area contributed by atoms with Crippen molar-refractivity contribution in [3.8, 4) is 11.3 Å². The van der Waals surface area contributed by atoms with Gasteiger partial charge in [-0.1, -0.05) is 22.9 Å². The van der Waals surface area contributed by atoms with Crippen molar-refractivity contribution < 1.29 is 4.42 Å². The average molecular weight is 480 g/mol. The number of benzene rings is 1. The molecule has 2 nitrogen and oxygen atoms in total. The molecule has 1 aromatic carbocycles. The highest BCUT2D eigenvalue weighted by atomic mass is 79.9. The molecule has 1 heterocycles. The molecule has 1 atom stereocenters. The number of hydrogen-bond acceptors (Lipinski definition) is 2. The van der Waals surface area contributed by atoms with Gasteiger partial charge in [0.25, 0.3) is 0 Å². The second-order valence-electron chi connectivity index (χ2n) is 5.07. The topological polar surface area (TPSA) is 25.2 Å². The summed E-state index contributed by atoms with van der Waals surface area (Å²) in [5.74, 6) is 1.88. The lowest BCUT2D eigenvalue weighted by Gasteiger charge is -2.11. The van der Waals surface area contributed by atoms with Gasteiger partial charge in [-0.2, -0.15) is 0 Å². The minimum Gasteiger partial charge on any atom is -0.461 e. The van der Waals surface area contributed by atoms with Crippen molar-refractivity contribution in [2.75, 3.05) is 6.54 Å². The second-order valence-corrected chi connectivity index (χ2v) is 7.69. The monoisotopic (exact) mass is 477 g/mol. The van der Waals surface area contributed by atoms with Gasteiger partial charge in [0.05, 0.1) is 0 Å². The summed E-state index contributed by atoms with van der Waals surface area (Å²) in [7, 11) is 0. The van der Waals surface area contributed by atoms with Gasteiger partial charge in [0.1, 0.15) is 11.5 Å². The van der Waals surface area contributed by atoms with Crippen LogP contribution >= 0.6 is 47.8 Å². The average Bonchev–Trinajstić information content (AvgIpc) is 2.83. The molecule has 21 heavy (non-hydrogen) atoms. The number of rotatable bonds is 6. The molecule has 0 aliphatic carbocycles. The van der Waals surface area contributed by atoms with Gasteiger partial charge in [-0.25, -0.2) is 0 Å². The molecule has 0 bridgehead atoms. The van der Waals surface area contributed by atoms with E-state index in [-0.39, 0.29) is 0 Å². The third kappa shape index (κ3) is 4.68. The van der Waals surface area contributed by atoms with E-state index in [4.69, 9.17) is 4.42 Å². The molecule has 5 heteroatoms. The summed E-state index contributed by atoms with van der Waals surface area (Å²) < 4.78 is 9.03. The van der Waals surface area contributed by atoms with Crippen molar-refractivity contribution in [2.45, 2.75) is 32.7 Å². The summed E-state index contributed by atoms with van der Waals surface area (Å²) in [4.78, 5) is 0. The van der Waals surface area contributed by atoms with Crippen LogP contribution in [-0.2, 0) is 6.42 Å². The smallest absolute Gasteiger partial charge is 0.136 e. The van der Waals surface area contributed by atoms with Crippen molar-refractivity contribution >= 4 is 47.8 Å². The van der Waals surface area contributed by atoms with Crippen LogP contribution in [0.1, 0.15) is 26.0 Å². The van der Waals surface area contributed by atoms with E-state index in [0.717, 1.165) is 49.9 Å². The Kier molecular flexibility index (Phi) is 6.53. The van der Waals surface area contributed by atoms with E-state index in [1.807, 2.05) is 18.2 Å². The number of nitrogens with one attached hydrogen (secondary N) is 1. The molecule has 0 saturated carbocycles. The number of hydrogen-bond donors (Lipinski definition) is 1. The van der Waals surface area contributed by atoms with Crippen LogP contribution in [0.5, 0.6) is 0 Å². The van der Waals surface area contributed by atoms with E-state index in [1.54, 1.807) is 0 Å². The van der Waals surface area contributed by atoms with Crippen LogP contribution < -0.4 is 5.32 Å². The van der Waals surface area contributed by atoms with Gasteiger partial charge >= 0.3 is 0 Å². The molecule has 0 radical (unpaired) electrons. The third-order valence-corrected chi connectivity index (χ3v) is 4.87. The predicted octanol–water partition coefficient (Wildman–Crippen LogP) is 6.16. The number of furan rings is 1. The fourth-order valence-corrected chi connectivity index (χ4v) is 4.81. The first kappa shape index (κ1) is 17.3. The summed E-state index contributed by atoms with van der Waals surface area (Å²) >= 11 is 10.7. The predicted molar refractivity (Wildman–Crippen MR) is 98.7 cm³/mol. The van der Waals surface area contributed by atoms with Crippen molar-refractivity contribution in [1.29, 1.82) is 0 Å². The molecular weight excluding hydrogens is 462 g/mol. The maximum atomic E-state index is 6.01. The quantitative estimate of drug-likeness (QED) is 0.536. The lowest BCUT2D eigenvalue weighted by molar-refractivity contribution is 0.464. The Hall–Kier alpha value is -0.100. The summed E-state index contributed by atoms with van der Waals surface area (Å²) in [6.07, 6.45) is 2.04. The Morgan fingerprint density at radius 2 is 1.81 bits per heavy atom. The SMILES string of the molecule is CCCNC(C)Cc1ccc(-c2c(Br)cc(Br)cc2Br)o1. The van der Waals surface area contributed by atoms with Crippen LogP contribution in [-0.4, -0.2) is 12.6 Å². The largest absolute Gasteiger partial charge is 0.461 e. The zero-order valence-corrected chi connectivity index (χ0v) is 16.8. The van der Waals surface area contributed by atoms with Crippen molar-refractivity contribution in [1.82, 2.24) is 5.32 Å². The van der Waals surface area contributed by atoms with Crippen LogP contribution in [0.4, 0.5) is 0 Å². The van der Waals surface area contributed by atoms with Crippen LogP contribution in [0, 0.1) is 0 Å². The van der Waals surface area contributed by atoms with Gasteiger partial charge in [-0.15, -0.1) is 0 Å². The highest BCUT2D eigenvalue weighted by molar-refractivity contribution is 9.11. The molecule has 2 rings (SSSR count). The van der Waals surface area contributed by atoms with E-state index < -0.39 is 0 Å². The first-order valence-electron chi connectivity index (χ1n) is 6.98. The Bertz CT molecular complexity index is 586.